The van der Waals surface area contributed by atoms with Gasteiger partial charge in [-0.25, -0.2) is 13.8 Å². The van der Waals surface area contributed by atoms with Gasteiger partial charge in [-0.1, -0.05) is 36.4 Å². The molecule has 2 heterocycles. The molecule has 0 aliphatic heterocycles. The summed E-state index contributed by atoms with van der Waals surface area (Å²) in [5.74, 6) is -0.264. The molecular formula is C25H16F2N4. The number of halogens is 2. The fraction of sp³-hybridized carbons (Fsp3) is 0.0400. The number of aromatic nitrogens is 3. The zero-order chi connectivity index (χ0) is 21.4. The van der Waals surface area contributed by atoms with Crippen molar-refractivity contribution in [2.45, 2.75) is 6.54 Å². The first-order valence-corrected chi connectivity index (χ1v) is 9.71. The van der Waals surface area contributed by atoms with E-state index in [9.17, 15) is 14.0 Å². The Kier molecular flexibility index (Phi) is 4.57. The van der Waals surface area contributed by atoms with Crippen molar-refractivity contribution in [2.75, 3.05) is 0 Å². The summed E-state index contributed by atoms with van der Waals surface area (Å²) in [6, 6.07) is 20.9. The van der Waals surface area contributed by atoms with Gasteiger partial charge in [0.2, 0.25) is 0 Å². The van der Waals surface area contributed by atoms with Gasteiger partial charge in [0.15, 0.2) is 0 Å². The van der Waals surface area contributed by atoms with E-state index >= 15 is 0 Å². The predicted molar refractivity (Wildman–Crippen MR) is 117 cm³/mol. The largest absolute Gasteiger partial charge is 0.342 e. The van der Waals surface area contributed by atoms with E-state index < -0.39 is 0 Å². The number of hydrogen-bond donors (Lipinski definition) is 1. The van der Waals surface area contributed by atoms with Crippen LogP contribution in [-0.4, -0.2) is 14.5 Å². The second-order valence-corrected chi connectivity index (χ2v) is 7.24. The van der Waals surface area contributed by atoms with Crippen LogP contribution in [0.15, 0.2) is 72.9 Å². The first-order valence-electron chi connectivity index (χ1n) is 9.71. The van der Waals surface area contributed by atoms with Gasteiger partial charge in [0.25, 0.3) is 0 Å². The second kappa shape index (κ2) is 7.54. The summed E-state index contributed by atoms with van der Waals surface area (Å²) >= 11 is 0. The fourth-order valence-electron chi connectivity index (χ4n) is 3.75. The molecule has 0 amide bonds. The van der Waals surface area contributed by atoms with Crippen molar-refractivity contribution in [3.63, 3.8) is 0 Å². The molecule has 0 saturated carbocycles. The smallest absolute Gasteiger partial charge is 0.149 e. The molecule has 3 aromatic carbocycles. The highest BCUT2D eigenvalue weighted by molar-refractivity contribution is 5.98. The molecule has 0 aliphatic carbocycles. The van der Waals surface area contributed by atoms with Gasteiger partial charge in [0, 0.05) is 28.2 Å². The Morgan fingerprint density at radius 1 is 1.06 bits per heavy atom. The molecule has 5 rings (SSSR count). The van der Waals surface area contributed by atoms with E-state index in [-0.39, 0.29) is 11.6 Å². The number of benzene rings is 3. The summed E-state index contributed by atoms with van der Waals surface area (Å²) < 4.78 is 29.7. The maximum Gasteiger partial charge on any atom is 0.149 e. The Balaban J connectivity index is 1.61. The SMILES string of the molecule is N#C/C(=C/c1cn(Cc2ccccc2F)c2ccccc12)c1nc2ccc(F)cc2[nH]1. The summed E-state index contributed by atoms with van der Waals surface area (Å²) in [6.07, 6.45) is 3.64. The van der Waals surface area contributed by atoms with Crippen LogP contribution in [0.4, 0.5) is 8.78 Å². The minimum absolute atomic E-state index is 0.260. The van der Waals surface area contributed by atoms with E-state index in [0.29, 0.717) is 34.5 Å². The van der Waals surface area contributed by atoms with Gasteiger partial charge in [-0.2, -0.15) is 5.26 Å². The molecule has 150 valence electrons. The maximum atomic E-state index is 14.2. The van der Waals surface area contributed by atoms with Crippen molar-refractivity contribution in [3.8, 4) is 6.07 Å². The number of para-hydroxylation sites is 1. The Labute approximate surface area is 176 Å². The van der Waals surface area contributed by atoms with Gasteiger partial charge in [0.1, 0.15) is 23.5 Å². The van der Waals surface area contributed by atoms with Crippen molar-refractivity contribution < 1.29 is 8.78 Å². The molecule has 0 unspecified atom stereocenters. The average molecular weight is 410 g/mol. The van der Waals surface area contributed by atoms with Crippen LogP contribution in [0.3, 0.4) is 0 Å². The van der Waals surface area contributed by atoms with E-state index in [1.807, 2.05) is 41.1 Å². The van der Waals surface area contributed by atoms with Gasteiger partial charge in [0.05, 0.1) is 23.2 Å². The van der Waals surface area contributed by atoms with Gasteiger partial charge < -0.3 is 9.55 Å². The highest BCUT2D eigenvalue weighted by Gasteiger charge is 2.13. The van der Waals surface area contributed by atoms with Crippen molar-refractivity contribution >= 4 is 33.6 Å². The number of nitrogens with one attached hydrogen (secondary N) is 1. The van der Waals surface area contributed by atoms with Crippen LogP contribution in [-0.2, 0) is 6.54 Å². The quantitative estimate of drug-likeness (QED) is 0.375. The number of rotatable bonds is 4. The molecule has 0 radical (unpaired) electrons. The summed E-state index contributed by atoms with van der Waals surface area (Å²) in [6.45, 7) is 0.368. The topological polar surface area (TPSA) is 57.4 Å². The second-order valence-electron chi connectivity index (χ2n) is 7.24. The molecule has 0 fully saturated rings. The maximum absolute atomic E-state index is 14.2. The molecule has 0 aliphatic rings. The molecule has 2 aromatic heterocycles. The molecule has 0 spiro atoms. The lowest BCUT2D eigenvalue weighted by Crippen LogP contribution is -2.00. The Hall–Kier alpha value is -4.24. The zero-order valence-corrected chi connectivity index (χ0v) is 16.3. The number of allylic oxidation sites excluding steroid dienone is 1. The van der Waals surface area contributed by atoms with Crippen molar-refractivity contribution in [1.82, 2.24) is 14.5 Å². The minimum atomic E-state index is -0.374. The minimum Gasteiger partial charge on any atom is -0.342 e. The molecular weight excluding hydrogens is 394 g/mol. The van der Waals surface area contributed by atoms with Crippen LogP contribution in [0, 0.1) is 23.0 Å². The molecule has 1 N–H and O–H groups in total. The molecule has 5 aromatic rings. The molecule has 0 bridgehead atoms. The van der Waals surface area contributed by atoms with Crippen LogP contribution in [0.25, 0.3) is 33.6 Å². The van der Waals surface area contributed by atoms with E-state index in [1.165, 1.54) is 18.2 Å². The predicted octanol–water partition coefficient (Wildman–Crippen LogP) is 5.91. The third-order valence-electron chi connectivity index (χ3n) is 5.24. The summed E-state index contributed by atoms with van der Waals surface area (Å²) in [4.78, 5) is 7.43. The highest BCUT2D eigenvalue weighted by Crippen LogP contribution is 2.27. The number of aromatic amines is 1. The van der Waals surface area contributed by atoms with Crippen LogP contribution in [0.1, 0.15) is 17.0 Å². The van der Waals surface area contributed by atoms with Crippen LogP contribution in [0.5, 0.6) is 0 Å². The van der Waals surface area contributed by atoms with Crippen LogP contribution in [0.2, 0.25) is 0 Å². The molecule has 4 nitrogen and oxygen atoms in total. The first kappa shape index (κ1) is 18.8. The van der Waals surface area contributed by atoms with E-state index in [4.69, 9.17) is 0 Å². The number of H-pyrrole nitrogens is 1. The number of fused-ring (bicyclic) bond motifs is 2. The lowest BCUT2D eigenvalue weighted by molar-refractivity contribution is 0.602. The standard InChI is InChI=1S/C25H16F2N4/c26-19-9-10-22-23(12-19)30-25(29-22)17(13-28)11-18-15-31(24-8-4-2-6-20(18)24)14-16-5-1-3-7-21(16)27/h1-12,15H,14H2,(H,29,30)/b17-11-. The average Bonchev–Trinajstić information content (AvgIpc) is 3.35. The monoisotopic (exact) mass is 410 g/mol. The Bertz CT molecular complexity index is 1500. The normalized spacial score (nSPS) is 11.8. The third kappa shape index (κ3) is 3.47. The molecule has 0 saturated heterocycles. The summed E-state index contributed by atoms with van der Waals surface area (Å²) in [5, 5.41) is 10.7. The summed E-state index contributed by atoms with van der Waals surface area (Å²) in [7, 11) is 0. The van der Waals surface area contributed by atoms with E-state index in [2.05, 4.69) is 16.0 Å². The van der Waals surface area contributed by atoms with Gasteiger partial charge in [-0.15, -0.1) is 0 Å². The number of nitrogens with zero attached hydrogens (tertiary/aromatic N) is 3. The zero-order valence-electron chi connectivity index (χ0n) is 16.3. The highest BCUT2D eigenvalue weighted by atomic mass is 19.1. The number of hydrogen-bond acceptors (Lipinski definition) is 2. The van der Waals surface area contributed by atoms with Gasteiger partial charge in [-0.3, -0.25) is 0 Å². The van der Waals surface area contributed by atoms with Crippen molar-refractivity contribution in [1.29, 1.82) is 5.26 Å². The molecule has 6 heteroatoms. The van der Waals surface area contributed by atoms with Crippen LogP contribution < -0.4 is 0 Å². The fourth-order valence-corrected chi connectivity index (χ4v) is 3.75. The first-order chi connectivity index (χ1) is 15.1. The summed E-state index contributed by atoms with van der Waals surface area (Å²) in [5.41, 5.74) is 3.76. The number of nitriles is 1. The van der Waals surface area contributed by atoms with Crippen molar-refractivity contribution in [2.24, 2.45) is 0 Å². The number of imidazole rings is 1. The van der Waals surface area contributed by atoms with Gasteiger partial charge in [-0.05, 0) is 36.4 Å². The van der Waals surface area contributed by atoms with E-state index in [1.54, 1.807) is 24.3 Å². The lowest BCUT2D eigenvalue weighted by atomic mass is 10.1. The molecule has 31 heavy (non-hydrogen) atoms. The van der Waals surface area contributed by atoms with E-state index in [0.717, 1.165) is 16.5 Å². The van der Waals surface area contributed by atoms with Gasteiger partial charge >= 0.3 is 0 Å². The van der Waals surface area contributed by atoms with Crippen molar-refractivity contribution in [3.05, 3.63) is 102 Å². The molecule has 0 atom stereocenters. The van der Waals surface area contributed by atoms with Crippen LogP contribution >= 0.6 is 0 Å². The Morgan fingerprint density at radius 3 is 2.71 bits per heavy atom. The third-order valence-corrected chi connectivity index (χ3v) is 5.24. The Morgan fingerprint density at radius 2 is 1.87 bits per heavy atom. The lowest BCUT2D eigenvalue weighted by Gasteiger charge is -2.06.